The molecule has 0 saturated carbocycles. The first kappa shape index (κ1) is 25.2. The molecule has 0 N–H and O–H groups in total. The molecule has 0 amide bonds. The molecule has 0 atom stereocenters. The van der Waals surface area contributed by atoms with E-state index in [1.807, 2.05) is 12.1 Å². The van der Waals surface area contributed by atoms with Gasteiger partial charge in [0.1, 0.15) is 0 Å². The highest BCUT2D eigenvalue weighted by atomic mass is 79.9. The van der Waals surface area contributed by atoms with Crippen molar-refractivity contribution in [3.63, 3.8) is 0 Å². The van der Waals surface area contributed by atoms with Crippen LogP contribution in [0.3, 0.4) is 0 Å². The molecule has 2 aromatic carbocycles. The number of benzene rings is 2. The molecule has 0 spiro atoms. The maximum absolute atomic E-state index is 12.0. The van der Waals surface area contributed by atoms with Crippen LogP contribution in [0.5, 0.6) is 0 Å². The lowest BCUT2D eigenvalue weighted by atomic mass is 10.1. The Morgan fingerprint density at radius 1 is 0.839 bits per heavy atom. The lowest BCUT2D eigenvalue weighted by molar-refractivity contribution is -0.211. The molecule has 31 heavy (non-hydrogen) atoms. The van der Waals surface area contributed by atoms with Gasteiger partial charge in [0.15, 0.2) is 0 Å². The number of rotatable bonds is 6. The molecule has 0 aliphatic carbocycles. The van der Waals surface area contributed by atoms with E-state index in [2.05, 4.69) is 36.6 Å². The summed E-state index contributed by atoms with van der Waals surface area (Å²) in [6, 6.07) is 13.8. The summed E-state index contributed by atoms with van der Waals surface area (Å²) in [7, 11) is 0. The Bertz CT molecular complexity index is 889. The predicted octanol–water partition coefficient (Wildman–Crippen LogP) is 4.41. The van der Waals surface area contributed by atoms with E-state index in [4.69, 9.17) is 14.2 Å². The first-order chi connectivity index (χ1) is 14.8. The number of esters is 2. The molecule has 0 unspecified atom stereocenters. The fraction of sp³-hybridized carbons (Fsp3) is 0.318. The van der Waals surface area contributed by atoms with Crippen molar-refractivity contribution in [1.82, 2.24) is 0 Å². The van der Waals surface area contributed by atoms with Gasteiger partial charge in [-0.1, -0.05) is 44.0 Å². The molecule has 0 aromatic heterocycles. The number of halogens is 2. The molecule has 0 radical (unpaired) electrons. The Balaban J connectivity index is 0.000000225. The van der Waals surface area contributed by atoms with Crippen LogP contribution in [0.2, 0.25) is 0 Å². The summed E-state index contributed by atoms with van der Waals surface area (Å²) in [5.74, 6) is -3.31. The van der Waals surface area contributed by atoms with Gasteiger partial charge in [0.2, 0.25) is 0 Å². The third-order valence-corrected chi connectivity index (χ3v) is 5.09. The fourth-order valence-electron chi connectivity index (χ4n) is 2.63. The molecule has 1 heterocycles. The van der Waals surface area contributed by atoms with Crippen molar-refractivity contribution in [3.05, 3.63) is 68.6 Å². The van der Waals surface area contributed by atoms with Crippen molar-refractivity contribution < 1.29 is 33.3 Å². The van der Waals surface area contributed by atoms with Crippen LogP contribution in [0.25, 0.3) is 0 Å². The van der Waals surface area contributed by atoms with Crippen molar-refractivity contribution >= 4 is 49.6 Å². The van der Waals surface area contributed by atoms with E-state index in [1.54, 1.807) is 50.2 Å². The molecule has 1 aliphatic rings. The number of ketones is 1. The van der Waals surface area contributed by atoms with Crippen LogP contribution in [0.1, 0.15) is 29.8 Å². The minimum absolute atomic E-state index is 0.209. The summed E-state index contributed by atoms with van der Waals surface area (Å²) in [5, 5.41) is 0. The van der Waals surface area contributed by atoms with Crippen molar-refractivity contribution in [3.8, 4) is 0 Å². The summed E-state index contributed by atoms with van der Waals surface area (Å²) >= 11 is 6.58. The molecular weight excluding hydrogens is 536 g/mol. The van der Waals surface area contributed by atoms with E-state index in [9.17, 15) is 14.4 Å². The van der Waals surface area contributed by atoms with Gasteiger partial charge in [-0.2, -0.15) is 0 Å². The minimum atomic E-state index is -1.39. The number of Topliss-reactive ketones (excluding diaryl/α,β-unsaturated/α-hetero) is 1. The molecule has 7 nitrogen and oxygen atoms in total. The van der Waals surface area contributed by atoms with Crippen LogP contribution < -0.4 is 0 Å². The standard InChI is InChI=1S/C12H13BrO4.C10H9BrO3/c1-2-15-11(14)12(16-7-8-17-12)9-3-5-10(13)6-4-9;1-2-14-10(13)9(12)7-3-5-8(11)6-4-7/h3-6H,2,7-8H2,1H3;3-6H,2H2,1H3. The smallest absolute Gasteiger partial charge is 0.379 e. The summed E-state index contributed by atoms with van der Waals surface area (Å²) in [6.45, 7) is 4.68. The first-order valence-corrected chi connectivity index (χ1v) is 11.1. The lowest BCUT2D eigenvalue weighted by Crippen LogP contribution is -2.38. The van der Waals surface area contributed by atoms with Gasteiger partial charge in [0.05, 0.1) is 26.4 Å². The van der Waals surface area contributed by atoms with Crippen molar-refractivity contribution in [2.24, 2.45) is 0 Å². The molecule has 3 rings (SSSR count). The second-order valence-electron chi connectivity index (χ2n) is 6.10. The molecule has 9 heteroatoms. The zero-order valence-electron chi connectivity index (χ0n) is 17.1. The van der Waals surface area contributed by atoms with Gasteiger partial charge in [-0.25, -0.2) is 9.59 Å². The Morgan fingerprint density at radius 3 is 1.81 bits per heavy atom. The highest BCUT2D eigenvalue weighted by Gasteiger charge is 2.48. The van der Waals surface area contributed by atoms with E-state index in [0.717, 1.165) is 8.95 Å². The van der Waals surface area contributed by atoms with Gasteiger partial charge in [-0.3, -0.25) is 4.79 Å². The molecule has 1 saturated heterocycles. The van der Waals surface area contributed by atoms with Crippen molar-refractivity contribution in [2.75, 3.05) is 26.4 Å². The fourth-order valence-corrected chi connectivity index (χ4v) is 3.15. The maximum Gasteiger partial charge on any atom is 0.379 e. The Hall–Kier alpha value is -2.07. The lowest BCUT2D eigenvalue weighted by Gasteiger charge is -2.25. The SMILES string of the molecule is CCOC(=O)C(=O)c1ccc(Br)cc1.CCOC(=O)C1(c2ccc(Br)cc2)OCCO1. The van der Waals surface area contributed by atoms with Crippen LogP contribution in [0.15, 0.2) is 57.5 Å². The van der Waals surface area contributed by atoms with Gasteiger partial charge in [-0.05, 0) is 50.2 Å². The topological polar surface area (TPSA) is 88.1 Å². The predicted molar refractivity (Wildman–Crippen MR) is 119 cm³/mol. The van der Waals surface area contributed by atoms with Gasteiger partial charge in [0, 0.05) is 20.1 Å². The van der Waals surface area contributed by atoms with Crippen LogP contribution in [0.4, 0.5) is 0 Å². The average Bonchev–Trinajstić information content (AvgIpc) is 3.26. The Labute approximate surface area is 197 Å². The third-order valence-electron chi connectivity index (χ3n) is 4.03. The summed E-state index contributed by atoms with van der Waals surface area (Å²) in [5.41, 5.74) is 0.989. The summed E-state index contributed by atoms with van der Waals surface area (Å²) in [4.78, 5) is 34.4. The van der Waals surface area contributed by atoms with Crippen molar-refractivity contribution in [1.29, 1.82) is 0 Å². The minimum Gasteiger partial charge on any atom is -0.462 e. The largest absolute Gasteiger partial charge is 0.462 e. The highest BCUT2D eigenvalue weighted by Crippen LogP contribution is 2.33. The average molecular weight is 558 g/mol. The van der Waals surface area contributed by atoms with E-state index in [1.165, 1.54) is 0 Å². The molecule has 1 aliphatic heterocycles. The van der Waals surface area contributed by atoms with Crippen LogP contribution in [-0.4, -0.2) is 44.1 Å². The number of carbonyl (C=O) groups excluding carboxylic acids is 3. The van der Waals surface area contributed by atoms with E-state index < -0.39 is 23.5 Å². The number of hydrogen-bond acceptors (Lipinski definition) is 7. The van der Waals surface area contributed by atoms with E-state index >= 15 is 0 Å². The molecular formula is C22H22Br2O7. The molecule has 2 aromatic rings. The monoisotopic (exact) mass is 556 g/mol. The van der Waals surface area contributed by atoms with Gasteiger partial charge < -0.3 is 18.9 Å². The van der Waals surface area contributed by atoms with Gasteiger partial charge >= 0.3 is 11.9 Å². The number of hydrogen-bond donors (Lipinski definition) is 0. The Kier molecular flexibility index (Phi) is 9.83. The molecule has 0 bridgehead atoms. The van der Waals surface area contributed by atoms with E-state index in [-0.39, 0.29) is 6.61 Å². The van der Waals surface area contributed by atoms with Crippen LogP contribution >= 0.6 is 31.9 Å². The first-order valence-electron chi connectivity index (χ1n) is 9.52. The second kappa shape index (κ2) is 12.1. The van der Waals surface area contributed by atoms with Gasteiger partial charge in [0.25, 0.3) is 11.6 Å². The van der Waals surface area contributed by atoms with Crippen LogP contribution in [-0.2, 0) is 34.3 Å². The third kappa shape index (κ3) is 6.70. The zero-order chi connectivity index (χ0) is 22.9. The zero-order valence-corrected chi connectivity index (χ0v) is 20.2. The summed E-state index contributed by atoms with van der Waals surface area (Å²) < 4.78 is 22.3. The van der Waals surface area contributed by atoms with Crippen molar-refractivity contribution in [2.45, 2.75) is 19.6 Å². The normalized spacial score (nSPS) is 14.2. The number of ether oxygens (including phenoxy) is 4. The molecule has 166 valence electrons. The Morgan fingerprint density at radius 2 is 1.32 bits per heavy atom. The number of carbonyl (C=O) groups is 3. The molecule has 1 fully saturated rings. The highest BCUT2D eigenvalue weighted by molar-refractivity contribution is 9.10. The second-order valence-corrected chi connectivity index (χ2v) is 7.93. The van der Waals surface area contributed by atoms with E-state index in [0.29, 0.717) is 30.9 Å². The van der Waals surface area contributed by atoms with Crippen LogP contribution in [0, 0.1) is 0 Å². The summed E-state index contributed by atoms with van der Waals surface area (Å²) in [6.07, 6.45) is 0. The maximum atomic E-state index is 12.0. The van der Waals surface area contributed by atoms with Gasteiger partial charge in [-0.15, -0.1) is 0 Å². The quantitative estimate of drug-likeness (QED) is 0.295.